The summed E-state index contributed by atoms with van der Waals surface area (Å²) in [6.45, 7) is 0. The van der Waals surface area contributed by atoms with Gasteiger partial charge in [0.05, 0.1) is 17.3 Å². The van der Waals surface area contributed by atoms with Gasteiger partial charge in [-0.05, 0) is 24.1 Å². The summed E-state index contributed by atoms with van der Waals surface area (Å²) in [5.74, 6) is 7.39. The molecule has 1 heterocycles. The highest BCUT2D eigenvalue weighted by molar-refractivity contribution is 7.19. The highest BCUT2D eigenvalue weighted by Crippen LogP contribution is 2.25. The molecule has 4 heteroatoms. The van der Waals surface area contributed by atoms with Crippen LogP contribution in [0.1, 0.15) is 11.4 Å². The fourth-order valence-electron chi connectivity index (χ4n) is 1.27. The smallest absolute Gasteiger partial charge is 0.168 e. The van der Waals surface area contributed by atoms with Crippen molar-refractivity contribution in [1.29, 1.82) is 0 Å². The molecule has 0 saturated heterocycles. The molecule has 0 unspecified atom stereocenters. The summed E-state index contributed by atoms with van der Waals surface area (Å²) in [6, 6.07) is 5.81. The van der Waals surface area contributed by atoms with E-state index in [1.165, 1.54) is 0 Å². The van der Waals surface area contributed by atoms with Crippen LogP contribution in [0.15, 0.2) is 18.2 Å². The van der Waals surface area contributed by atoms with Crippen LogP contribution in [0.5, 0.6) is 5.75 Å². The van der Waals surface area contributed by atoms with Crippen molar-refractivity contribution in [1.82, 2.24) is 4.98 Å². The molecule has 0 aliphatic heterocycles. The molecule has 1 aromatic carbocycles. The van der Waals surface area contributed by atoms with Crippen LogP contribution in [-0.4, -0.2) is 18.0 Å². The number of hydrogen-bond donors (Lipinski definition) is 0. The molecule has 0 aliphatic rings. The first-order valence-electron chi connectivity index (χ1n) is 4.83. The summed E-state index contributed by atoms with van der Waals surface area (Å²) in [5.41, 5.74) is 0.959. The van der Waals surface area contributed by atoms with Crippen LogP contribution >= 0.6 is 22.9 Å². The van der Waals surface area contributed by atoms with Crippen molar-refractivity contribution in [3.8, 4) is 17.6 Å². The first-order valence-corrected chi connectivity index (χ1v) is 6.18. The number of nitrogens with zero attached hydrogens (tertiary/aromatic N) is 1. The maximum atomic E-state index is 5.55. The van der Waals surface area contributed by atoms with Crippen molar-refractivity contribution in [3.63, 3.8) is 0 Å². The van der Waals surface area contributed by atoms with E-state index in [4.69, 9.17) is 16.3 Å². The van der Waals surface area contributed by atoms with Crippen molar-refractivity contribution < 1.29 is 4.74 Å². The first-order chi connectivity index (χ1) is 7.83. The zero-order chi connectivity index (χ0) is 11.4. The molecule has 2 aromatic rings. The van der Waals surface area contributed by atoms with Gasteiger partial charge < -0.3 is 4.74 Å². The van der Waals surface area contributed by atoms with E-state index in [1.807, 2.05) is 18.2 Å². The van der Waals surface area contributed by atoms with E-state index in [1.54, 1.807) is 18.4 Å². The van der Waals surface area contributed by atoms with Crippen LogP contribution < -0.4 is 4.74 Å². The minimum Gasteiger partial charge on any atom is -0.497 e. The van der Waals surface area contributed by atoms with Crippen LogP contribution in [0.25, 0.3) is 10.2 Å². The minimum atomic E-state index is 0.561. The van der Waals surface area contributed by atoms with E-state index < -0.39 is 0 Å². The van der Waals surface area contributed by atoms with E-state index in [0.29, 0.717) is 12.3 Å². The lowest BCUT2D eigenvalue weighted by Crippen LogP contribution is -1.80. The zero-order valence-corrected chi connectivity index (χ0v) is 10.4. The SMILES string of the molecule is COc1ccc2nc(C#CCCCl)sc2c1. The molecular weight excluding hydrogens is 242 g/mol. The Bertz CT molecular complexity index is 553. The summed E-state index contributed by atoms with van der Waals surface area (Å²) in [5, 5.41) is 0.827. The summed E-state index contributed by atoms with van der Waals surface area (Å²) < 4.78 is 6.25. The van der Waals surface area contributed by atoms with Gasteiger partial charge in [-0.25, -0.2) is 4.98 Å². The zero-order valence-electron chi connectivity index (χ0n) is 8.79. The predicted molar refractivity (Wildman–Crippen MR) is 68.4 cm³/mol. The number of methoxy groups -OCH3 is 1. The monoisotopic (exact) mass is 251 g/mol. The number of aromatic nitrogens is 1. The molecule has 0 amide bonds. The predicted octanol–water partition coefficient (Wildman–Crippen LogP) is 3.29. The van der Waals surface area contributed by atoms with E-state index in [-0.39, 0.29) is 0 Å². The normalized spacial score (nSPS) is 9.88. The van der Waals surface area contributed by atoms with Gasteiger partial charge in [-0.2, -0.15) is 0 Å². The number of thiazole rings is 1. The lowest BCUT2D eigenvalue weighted by Gasteiger charge is -1.96. The number of rotatable bonds is 2. The number of fused-ring (bicyclic) bond motifs is 1. The third kappa shape index (κ3) is 2.46. The summed E-state index contributed by atoms with van der Waals surface area (Å²) in [7, 11) is 1.66. The Kier molecular flexibility index (Phi) is 3.66. The van der Waals surface area contributed by atoms with Crippen LogP contribution in [-0.2, 0) is 0 Å². The van der Waals surface area contributed by atoms with Gasteiger partial charge in [-0.3, -0.25) is 0 Å². The fraction of sp³-hybridized carbons (Fsp3) is 0.250. The second-order valence-corrected chi connectivity index (χ2v) is 4.50. The molecule has 2 rings (SSSR count). The Balaban J connectivity index is 2.34. The third-order valence-electron chi connectivity index (χ3n) is 2.01. The van der Waals surface area contributed by atoms with E-state index in [2.05, 4.69) is 16.8 Å². The average molecular weight is 252 g/mol. The Labute approximate surface area is 103 Å². The largest absolute Gasteiger partial charge is 0.497 e. The van der Waals surface area contributed by atoms with Crippen molar-refractivity contribution in [2.75, 3.05) is 13.0 Å². The number of hydrogen-bond acceptors (Lipinski definition) is 3. The minimum absolute atomic E-state index is 0.561. The van der Waals surface area contributed by atoms with E-state index >= 15 is 0 Å². The van der Waals surface area contributed by atoms with Crippen molar-refractivity contribution in [2.24, 2.45) is 0 Å². The summed E-state index contributed by atoms with van der Waals surface area (Å²) in [4.78, 5) is 4.41. The summed E-state index contributed by atoms with van der Waals surface area (Å²) >= 11 is 7.12. The standard InChI is InChI=1S/C12H10ClNOS/c1-15-9-5-6-10-11(8-9)16-12(14-10)4-2-3-7-13/h5-6,8H,3,7H2,1H3. The molecule has 0 atom stereocenters. The number of benzene rings is 1. The lowest BCUT2D eigenvalue weighted by atomic mass is 10.3. The van der Waals surface area contributed by atoms with Gasteiger partial charge >= 0.3 is 0 Å². The van der Waals surface area contributed by atoms with Gasteiger partial charge in [0.15, 0.2) is 5.01 Å². The van der Waals surface area contributed by atoms with Crippen LogP contribution in [0.2, 0.25) is 0 Å². The Morgan fingerprint density at radius 1 is 1.50 bits per heavy atom. The molecule has 0 fully saturated rings. The van der Waals surface area contributed by atoms with Crippen molar-refractivity contribution in [3.05, 3.63) is 23.2 Å². The molecule has 0 aliphatic carbocycles. The molecule has 2 nitrogen and oxygen atoms in total. The Hall–Kier alpha value is -1.24. The second kappa shape index (κ2) is 5.20. The number of halogens is 1. The van der Waals surface area contributed by atoms with Gasteiger partial charge in [0.25, 0.3) is 0 Å². The maximum Gasteiger partial charge on any atom is 0.168 e. The number of ether oxygens (including phenoxy) is 1. The quantitative estimate of drug-likeness (QED) is 0.604. The van der Waals surface area contributed by atoms with Crippen LogP contribution in [0, 0.1) is 11.8 Å². The van der Waals surface area contributed by atoms with E-state index in [0.717, 1.165) is 21.0 Å². The molecule has 1 aromatic heterocycles. The lowest BCUT2D eigenvalue weighted by molar-refractivity contribution is 0.415. The number of alkyl halides is 1. The Morgan fingerprint density at radius 3 is 3.12 bits per heavy atom. The molecule has 0 N–H and O–H groups in total. The molecule has 0 radical (unpaired) electrons. The molecule has 0 saturated carbocycles. The molecule has 0 bridgehead atoms. The third-order valence-corrected chi connectivity index (χ3v) is 3.13. The van der Waals surface area contributed by atoms with Gasteiger partial charge in [-0.15, -0.1) is 22.9 Å². The van der Waals surface area contributed by atoms with Gasteiger partial charge in [-0.1, -0.05) is 5.92 Å². The topological polar surface area (TPSA) is 22.1 Å². The molecule has 82 valence electrons. The van der Waals surface area contributed by atoms with Crippen molar-refractivity contribution in [2.45, 2.75) is 6.42 Å². The highest BCUT2D eigenvalue weighted by atomic mass is 35.5. The maximum absolute atomic E-state index is 5.55. The highest BCUT2D eigenvalue weighted by Gasteiger charge is 2.02. The molecule has 0 spiro atoms. The summed E-state index contributed by atoms with van der Waals surface area (Å²) in [6.07, 6.45) is 0.695. The van der Waals surface area contributed by atoms with Gasteiger partial charge in [0, 0.05) is 12.3 Å². The Morgan fingerprint density at radius 2 is 2.38 bits per heavy atom. The van der Waals surface area contributed by atoms with Crippen molar-refractivity contribution >= 4 is 33.2 Å². The molecular formula is C12H10ClNOS. The van der Waals surface area contributed by atoms with Crippen LogP contribution in [0.4, 0.5) is 0 Å². The second-order valence-electron chi connectivity index (χ2n) is 3.09. The van der Waals surface area contributed by atoms with Gasteiger partial charge in [0.2, 0.25) is 0 Å². The van der Waals surface area contributed by atoms with E-state index in [9.17, 15) is 0 Å². The first kappa shape index (κ1) is 11.3. The average Bonchev–Trinajstić information content (AvgIpc) is 2.70. The fourth-order valence-corrected chi connectivity index (χ4v) is 2.23. The molecule has 16 heavy (non-hydrogen) atoms. The van der Waals surface area contributed by atoms with Crippen LogP contribution in [0.3, 0.4) is 0 Å². The van der Waals surface area contributed by atoms with Gasteiger partial charge in [0.1, 0.15) is 5.75 Å².